The fourth-order valence-electron chi connectivity index (χ4n) is 17.2. The van der Waals surface area contributed by atoms with E-state index in [0.717, 1.165) is 102 Å². The van der Waals surface area contributed by atoms with Crippen molar-refractivity contribution in [1.82, 2.24) is 59.8 Å². The number of rotatable bonds is 32. The molecule has 14 aromatic rings. The number of hydrogen-bond acceptors (Lipinski definition) is 24. The number of alkyl halides is 3. The lowest BCUT2D eigenvalue weighted by molar-refractivity contribution is -0.138. The van der Waals surface area contributed by atoms with E-state index in [0.29, 0.717) is 90.2 Å². The number of carbonyl (C=O) groups is 6. The number of ketones is 6. The number of halogens is 10. The second-order valence-electron chi connectivity index (χ2n) is 35.7. The van der Waals surface area contributed by atoms with Gasteiger partial charge in [-0.15, -0.1) is 0 Å². The molecule has 6 aromatic heterocycles. The van der Waals surface area contributed by atoms with Crippen LogP contribution in [-0.2, 0) is 71.8 Å². The summed E-state index contributed by atoms with van der Waals surface area (Å²) in [5.74, 6) is -1.24. The largest absolute Gasteiger partial charge is 0.416 e. The Kier molecular flexibility index (Phi) is 35.9. The van der Waals surface area contributed by atoms with Crippen LogP contribution in [-0.4, -0.2) is 165 Å². The van der Waals surface area contributed by atoms with Gasteiger partial charge in [0, 0.05) is 151 Å². The SMILES string of the molecule is CC(Cc1ncc(C(=O)CO)cn1)(c1ccc(F)cc1)c1ccc(F)cc1.O=C(CO)c1cnc(CC(c2ccc(F)cc2)c2ccc(F)cc2)nc1.O=C(CO)c1cnc(CC2(c3cccc(Cl)c3)CC2)nc1.O=C(CO)c1cnc(CC2(c3cccc(F)c3)CC2)nc1.O=C(CO)c1cnc(CC2(c3cccc(F)c3)CCCCC2)nc1.O=C(CO)c1cnc(CC2(c3ccccc3C(F)(F)F)CC2)nc1. The first-order chi connectivity index (χ1) is 68.7. The van der Waals surface area contributed by atoms with E-state index >= 15 is 0 Å². The molecule has 0 aliphatic heterocycles. The number of carbonyl (C=O) groups excluding carboxylic acids is 6. The third-order valence-electron chi connectivity index (χ3n) is 25.9. The van der Waals surface area contributed by atoms with E-state index in [-0.39, 0.29) is 97.3 Å². The molecule has 18 rings (SSSR count). The molecule has 143 heavy (non-hydrogen) atoms. The summed E-state index contributed by atoms with van der Waals surface area (Å²) >= 11 is 6.06. The maximum Gasteiger partial charge on any atom is 0.416 e. The lowest BCUT2D eigenvalue weighted by Gasteiger charge is -2.37. The number of aromatic nitrogens is 12. The van der Waals surface area contributed by atoms with Gasteiger partial charge >= 0.3 is 6.18 Å². The lowest BCUT2D eigenvalue weighted by Crippen LogP contribution is -2.32. The zero-order valence-corrected chi connectivity index (χ0v) is 78.3. The maximum absolute atomic E-state index is 13.7. The van der Waals surface area contributed by atoms with E-state index in [2.05, 4.69) is 65.9 Å². The van der Waals surface area contributed by atoms with Gasteiger partial charge in [-0.3, -0.25) is 28.8 Å². The van der Waals surface area contributed by atoms with E-state index in [9.17, 15) is 68.3 Å². The predicted molar refractivity (Wildman–Crippen MR) is 510 cm³/mol. The van der Waals surface area contributed by atoms with Gasteiger partial charge in [-0.2, -0.15) is 13.2 Å². The minimum absolute atomic E-state index is 0.0768. The lowest BCUT2D eigenvalue weighted by atomic mass is 9.67. The van der Waals surface area contributed by atoms with Gasteiger partial charge in [0.1, 0.15) is 109 Å². The van der Waals surface area contributed by atoms with Crippen LogP contribution in [0.5, 0.6) is 0 Å². The van der Waals surface area contributed by atoms with Crippen molar-refractivity contribution in [2.75, 3.05) is 39.6 Å². The fraction of sp³-hybridized carbons (Fsp3) is 0.284. The van der Waals surface area contributed by atoms with E-state index in [1.54, 1.807) is 78.9 Å². The Morgan fingerprint density at radius 3 is 0.895 bits per heavy atom. The molecule has 4 aliphatic carbocycles. The number of nitrogens with zero attached hydrogens (tertiary/aromatic N) is 12. The average molecular weight is 1980 g/mol. The molecule has 0 atom stereocenters. The minimum atomic E-state index is -4.40. The monoisotopic (exact) mass is 1970 g/mol. The Labute approximate surface area is 822 Å². The third kappa shape index (κ3) is 28.4. The molecule has 0 saturated heterocycles. The highest BCUT2D eigenvalue weighted by Gasteiger charge is 2.50. The fourth-order valence-corrected chi connectivity index (χ4v) is 17.4. The zero-order chi connectivity index (χ0) is 102. The number of aliphatic hydroxyl groups is 6. The number of benzene rings is 8. The summed E-state index contributed by atoms with van der Waals surface area (Å²) < 4.78 is 120. The molecule has 6 N–H and O–H groups in total. The molecular formula is C109H100ClF9N12O12. The molecule has 0 bridgehead atoms. The van der Waals surface area contributed by atoms with Gasteiger partial charge in [-0.05, 0) is 187 Å². The van der Waals surface area contributed by atoms with Crippen LogP contribution in [0, 0.1) is 34.9 Å². The number of Topliss-reactive ketones (excluding diaryl/α,β-unsaturated/α-hetero) is 6. The van der Waals surface area contributed by atoms with Gasteiger partial charge < -0.3 is 30.6 Å². The van der Waals surface area contributed by atoms with Gasteiger partial charge in [0.15, 0.2) is 34.7 Å². The molecule has 0 radical (unpaired) electrons. The van der Waals surface area contributed by atoms with Crippen LogP contribution in [0.4, 0.5) is 39.5 Å². The van der Waals surface area contributed by atoms with Crippen LogP contribution in [0.2, 0.25) is 5.02 Å². The van der Waals surface area contributed by atoms with Gasteiger partial charge in [-0.1, -0.05) is 141 Å². The van der Waals surface area contributed by atoms with Crippen molar-refractivity contribution >= 4 is 46.3 Å². The topological polar surface area (TPSA) is 378 Å². The second kappa shape index (κ2) is 48.4. The first-order valence-corrected chi connectivity index (χ1v) is 46.3. The molecule has 738 valence electrons. The molecular weight excluding hydrogens is 1880 g/mol. The first kappa shape index (κ1) is 106. The zero-order valence-electron chi connectivity index (χ0n) is 77.5. The van der Waals surface area contributed by atoms with E-state index in [1.165, 1.54) is 159 Å². The highest BCUT2D eigenvalue weighted by atomic mass is 35.5. The normalized spacial score (nSPS) is 14.3. The smallest absolute Gasteiger partial charge is 0.388 e. The number of aliphatic hydroxyl groups excluding tert-OH is 6. The highest BCUT2D eigenvalue weighted by molar-refractivity contribution is 6.30. The van der Waals surface area contributed by atoms with Gasteiger partial charge in [0.2, 0.25) is 0 Å². The van der Waals surface area contributed by atoms with Crippen LogP contribution in [0.15, 0.2) is 268 Å². The Morgan fingerprint density at radius 2 is 0.594 bits per heavy atom. The molecule has 4 aliphatic rings. The molecule has 4 saturated carbocycles. The molecule has 0 unspecified atom stereocenters. The molecule has 0 amide bonds. The number of hydrogen-bond donors (Lipinski definition) is 6. The van der Waals surface area contributed by atoms with Crippen molar-refractivity contribution < 1.29 is 98.9 Å². The van der Waals surface area contributed by atoms with Crippen LogP contribution >= 0.6 is 11.6 Å². The van der Waals surface area contributed by atoms with Crippen LogP contribution in [0.3, 0.4) is 0 Å². The van der Waals surface area contributed by atoms with Gasteiger partial charge in [0.25, 0.3) is 0 Å². The summed E-state index contributed by atoms with van der Waals surface area (Å²) in [5.41, 5.74) is 6.40. The van der Waals surface area contributed by atoms with Crippen LogP contribution in [0.1, 0.15) is 231 Å². The summed E-state index contributed by atoms with van der Waals surface area (Å²) in [6, 6.07) is 51.4. The molecule has 24 nitrogen and oxygen atoms in total. The first-order valence-electron chi connectivity index (χ1n) is 45.9. The van der Waals surface area contributed by atoms with Gasteiger partial charge in [0.05, 0.1) is 38.9 Å². The Balaban J connectivity index is 0.000000144. The Morgan fingerprint density at radius 1 is 0.315 bits per heavy atom. The van der Waals surface area contributed by atoms with Crippen molar-refractivity contribution in [2.45, 2.75) is 155 Å². The maximum atomic E-state index is 13.7. The third-order valence-corrected chi connectivity index (χ3v) is 26.1. The summed E-state index contributed by atoms with van der Waals surface area (Å²) in [5, 5.41) is 53.8. The van der Waals surface area contributed by atoms with Crippen molar-refractivity contribution in [3.05, 3.63) is 427 Å². The average Bonchev–Trinajstić information content (AvgIpc) is 1.59. The molecule has 0 spiro atoms. The Bertz CT molecular complexity index is 6470. The quantitative estimate of drug-likeness (QED) is 0.0168. The summed E-state index contributed by atoms with van der Waals surface area (Å²) in [6.45, 7) is -1.50. The summed E-state index contributed by atoms with van der Waals surface area (Å²) in [7, 11) is 0. The van der Waals surface area contributed by atoms with Crippen molar-refractivity contribution in [1.29, 1.82) is 0 Å². The summed E-state index contributed by atoms with van der Waals surface area (Å²) in [6.07, 6.45) is 26.3. The highest BCUT2D eigenvalue weighted by Crippen LogP contribution is 2.55. The van der Waals surface area contributed by atoms with Gasteiger partial charge in [-0.25, -0.2) is 86.2 Å². The van der Waals surface area contributed by atoms with Crippen LogP contribution in [0.25, 0.3) is 0 Å². The Hall–Kier alpha value is -14.3. The molecule has 6 heterocycles. The van der Waals surface area contributed by atoms with E-state index in [4.69, 9.17) is 42.2 Å². The minimum Gasteiger partial charge on any atom is -0.388 e. The molecule has 8 aromatic carbocycles. The van der Waals surface area contributed by atoms with E-state index < -0.39 is 85.3 Å². The van der Waals surface area contributed by atoms with Crippen molar-refractivity contribution in [2.24, 2.45) is 0 Å². The standard InChI is InChI=1S/C21H18F2N2O2.C20H16F2N2O2.C19H21FN2O2.C17H15F3N2O2.C16H15ClN2O2.C16H15FN2O2/c1-21(15-2-6-17(22)7-3-15,16-4-8-18(23)9-5-16)10-20-24-11-14(12-25-20)19(27)13-26;21-16-5-1-13(2-6-16)18(14-3-7-17(22)8-4-14)9-20-23-10-15(11-24-20)19(26)12-25;20-16-6-4-5-15(9-16)19(7-2-1-3-8-19)10-18-21-11-14(12-22-18)17(24)13-23;18-17(19,20)13-4-2-1-3-12(13)16(5-6-16)7-15-21-8-11(9-22-15)14(24)10-23;2*17-13-3-1-2-12(6-13)16(4-5-16)7-15-18-8-11(9-19-15)14(21)10-20/h2-9,11-12,26H,10,13H2,1H3;1-8,10-11,18,25H,9,12H2;4-6,9,11-12,23H,1-3,7-8,10,13H2;1-4,8-9,23H,5-7,10H2;2*1-3,6,8-9,20H,4-5,7,10H2. The second-order valence-corrected chi connectivity index (χ2v) is 36.1. The van der Waals surface area contributed by atoms with Crippen LogP contribution < -0.4 is 0 Å². The van der Waals surface area contributed by atoms with Crippen molar-refractivity contribution in [3.8, 4) is 0 Å². The van der Waals surface area contributed by atoms with Crippen molar-refractivity contribution in [3.63, 3.8) is 0 Å². The predicted octanol–water partition coefficient (Wildman–Crippen LogP) is 17.6. The molecule has 4 fully saturated rings. The van der Waals surface area contributed by atoms with E-state index in [1.807, 2.05) is 37.3 Å². The molecule has 34 heteroatoms. The summed E-state index contributed by atoms with van der Waals surface area (Å²) in [4.78, 5) is 119.